The summed E-state index contributed by atoms with van der Waals surface area (Å²) in [7, 11) is 1.74. The van der Waals surface area contributed by atoms with Gasteiger partial charge in [-0.15, -0.1) is 11.3 Å². The third-order valence-electron chi connectivity index (χ3n) is 2.43. The highest BCUT2D eigenvalue weighted by molar-refractivity contribution is 7.09. The monoisotopic (exact) mass is 212 g/mol. The van der Waals surface area contributed by atoms with Gasteiger partial charge in [0, 0.05) is 18.7 Å². The van der Waals surface area contributed by atoms with Crippen LogP contribution in [0.2, 0.25) is 0 Å². The third-order valence-corrected chi connectivity index (χ3v) is 3.32. The van der Waals surface area contributed by atoms with Gasteiger partial charge in [-0.05, 0) is 25.3 Å². The highest BCUT2D eigenvalue weighted by Crippen LogP contribution is 2.28. The summed E-state index contributed by atoms with van der Waals surface area (Å²) >= 11 is 1.69. The van der Waals surface area contributed by atoms with Crippen LogP contribution in [0.1, 0.15) is 23.9 Å². The molecular formula is C10H16N2OS. The van der Waals surface area contributed by atoms with Gasteiger partial charge in [0.2, 0.25) is 0 Å². The molecule has 0 saturated heterocycles. The molecule has 78 valence electrons. The molecule has 1 heterocycles. The van der Waals surface area contributed by atoms with Crippen molar-refractivity contribution in [1.29, 1.82) is 0 Å². The minimum Gasteiger partial charge on any atom is -0.383 e. The fraction of sp³-hybridized carbons (Fsp3) is 0.700. The Kier molecular flexibility index (Phi) is 3.50. The summed E-state index contributed by atoms with van der Waals surface area (Å²) in [5.41, 5.74) is 0. The number of rotatable bonds is 6. The first-order chi connectivity index (χ1) is 6.90. The molecule has 1 atom stereocenters. The first-order valence-corrected chi connectivity index (χ1v) is 5.90. The minimum absolute atomic E-state index is 0.278. The Labute approximate surface area is 88.5 Å². The number of nitrogens with zero attached hydrogens (tertiary/aromatic N) is 1. The maximum atomic E-state index is 5.18. The van der Waals surface area contributed by atoms with Crippen molar-refractivity contribution >= 4 is 11.3 Å². The predicted molar refractivity (Wildman–Crippen MR) is 57.5 cm³/mol. The molecule has 0 aliphatic heterocycles. The zero-order chi connectivity index (χ0) is 9.80. The molecule has 1 aromatic rings. The quantitative estimate of drug-likeness (QED) is 0.781. The molecule has 1 aromatic heterocycles. The molecule has 4 heteroatoms. The van der Waals surface area contributed by atoms with Crippen LogP contribution in [-0.4, -0.2) is 25.2 Å². The fourth-order valence-corrected chi connectivity index (χ4v) is 2.12. The second kappa shape index (κ2) is 4.87. The van der Waals surface area contributed by atoms with Crippen LogP contribution >= 0.6 is 11.3 Å². The number of nitrogens with one attached hydrogen (secondary N) is 1. The molecule has 0 spiro atoms. The Bertz CT molecular complexity index is 259. The lowest BCUT2D eigenvalue weighted by molar-refractivity contribution is 0.166. The van der Waals surface area contributed by atoms with Gasteiger partial charge in [-0.2, -0.15) is 0 Å². The summed E-state index contributed by atoms with van der Waals surface area (Å²) in [6.07, 6.45) is 4.61. The lowest BCUT2D eigenvalue weighted by atomic mass is 10.3. The van der Waals surface area contributed by atoms with Gasteiger partial charge < -0.3 is 10.1 Å². The second-order valence-corrected chi connectivity index (χ2v) is 4.66. The van der Waals surface area contributed by atoms with Gasteiger partial charge in [0.05, 0.1) is 12.6 Å². The van der Waals surface area contributed by atoms with Crippen molar-refractivity contribution in [3.63, 3.8) is 0 Å². The molecule has 2 rings (SSSR count). The maximum absolute atomic E-state index is 5.18. The van der Waals surface area contributed by atoms with Crippen LogP contribution in [-0.2, 0) is 4.74 Å². The van der Waals surface area contributed by atoms with E-state index in [-0.39, 0.29) is 6.04 Å². The Morgan fingerprint density at radius 1 is 1.71 bits per heavy atom. The summed E-state index contributed by atoms with van der Waals surface area (Å²) in [5.74, 6) is 0.898. The highest BCUT2D eigenvalue weighted by atomic mass is 32.1. The average Bonchev–Trinajstić information content (AvgIpc) is 2.86. The smallest absolute Gasteiger partial charge is 0.112 e. The third kappa shape index (κ3) is 2.77. The first-order valence-electron chi connectivity index (χ1n) is 5.02. The van der Waals surface area contributed by atoms with Crippen LogP contribution in [0.5, 0.6) is 0 Å². The van der Waals surface area contributed by atoms with E-state index in [1.807, 2.05) is 11.6 Å². The van der Waals surface area contributed by atoms with Gasteiger partial charge >= 0.3 is 0 Å². The molecule has 3 nitrogen and oxygen atoms in total. The van der Waals surface area contributed by atoms with Crippen molar-refractivity contribution in [2.24, 2.45) is 5.92 Å². The predicted octanol–water partition coefficient (Wildman–Crippen LogP) is 1.83. The van der Waals surface area contributed by atoms with Gasteiger partial charge in [-0.25, -0.2) is 4.98 Å². The number of hydrogen-bond donors (Lipinski definition) is 1. The summed E-state index contributed by atoms with van der Waals surface area (Å²) in [5, 5.41) is 6.65. The fourth-order valence-electron chi connectivity index (χ4n) is 1.42. The lowest BCUT2D eigenvalue weighted by Gasteiger charge is -2.14. The van der Waals surface area contributed by atoms with Crippen LogP contribution in [0.15, 0.2) is 11.6 Å². The molecule has 0 aromatic carbocycles. The minimum atomic E-state index is 0.278. The van der Waals surface area contributed by atoms with E-state index in [1.54, 1.807) is 18.4 Å². The molecule has 1 fully saturated rings. The Morgan fingerprint density at radius 2 is 2.57 bits per heavy atom. The van der Waals surface area contributed by atoms with Gasteiger partial charge in [0.1, 0.15) is 5.01 Å². The molecule has 1 saturated carbocycles. The SMILES string of the molecule is COCC(NCC1CC1)c1nccs1. The van der Waals surface area contributed by atoms with E-state index < -0.39 is 0 Å². The molecule has 0 radical (unpaired) electrons. The molecule has 14 heavy (non-hydrogen) atoms. The van der Waals surface area contributed by atoms with E-state index in [0.29, 0.717) is 6.61 Å². The summed E-state index contributed by atoms with van der Waals surface area (Å²) in [6.45, 7) is 1.81. The lowest BCUT2D eigenvalue weighted by Crippen LogP contribution is -2.26. The largest absolute Gasteiger partial charge is 0.383 e. The number of aromatic nitrogens is 1. The molecule has 0 amide bonds. The molecule has 1 N–H and O–H groups in total. The van der Waals surface area contributed by atoms with Gasteiger partial charge in [0.15, 0.2) is 0 Å². The van der Waals surface area contributed by atoms with Crippen molar-refractivity contribution in [2.75, 3.05) is 20.3 Å². The van der Waals surface area contributed by atoms with Crippen molar-refractivity contribution < 1.29 is 4.74 Å². The van der Waals surface area contributed by atoms with E-state index in [0.717, 1.165) is 17.5 Å². The highest BCUT2D eigenvalue weighted by Gasteiger charge is 2.23. The van der Waals surface area contributed by atoms with E-state index in [4.69, 9.17) is 4.74 Å². The zero-order valence-electron chi connectivity index (χ0n) is 8.40. The van der Waals surface area contributed by atoms with Crippen LogP contribution < -0.4 is 5.32 Å². The Hall–Kier alpha value is -0.450. The Morgan fingerprint density at radius 3 is 3.14 bits per heavy atom. The van der Waals surface area contributed by atoms with Gasteiger partial charge in [0.25, 0.3) is 0 Å². The molecule has 1 unspecified atom stereocenters. The van der Waals surface area contributed by atoms with Crippen molar-refractivity contribution in [2.45, 2.75) is 18.9 Å². The van der Waals surface area contributed by atoms with E-state index in [2.05, 4.69) is 10.3 Å². The van der Waals surface area contributed by atoms with E-state index >= 15 is 0 Å². The van der Waals surface area contributed by atoms with E-state index in [1.165, 1.54) is 12.8 Å². The zero-order valence-corrected chi connectivity index (χ0v) is 9.22. The normalized spacial score (nSPS) is 18.4. The van der Waals surface area contributed by atoms with Crippen molar-refractivity contribution in [3.8, 4) is 0 Å². The summed E-state index contributed by atoms with van der Waals surface area (Å²) < 4.78 is 5.18. The number of hydrogen-bond acceptors (Lipinski definition) is 4. The summed E-state index contributed by atoms with van der Waals surface area (Å²) in [4.78, 5) is 4.31. The molecule has 1 aliphatic rings. The second-order valence-electron chi connectivity index (χ2n) is 3.73. The van der Waals surface area contributed by atoms with Crippen molar-refractivity contribution in [1.82, 2.24) is 10.3 Å². The van der Waals surface area contributed by atoms with Crippen LogP contribution in [0.3, 0.4) is 0 Å². The summed E-state index contributed by atoms with van der Waals surface area (Å²) in [6, 6.07) is 0.278. The standard InChI is InChI=1S/C10H16N2OS/c1-13-7-9(10-11-4-5-14-10)12-6-8-2-3-8/h4-5,8-9,12H,2-3,6-7H2,1H3. The number of ether oxygens (including phenoxy) is 1. The Balaban J connectivity index is 1.85. The molecular weight excluding hydrogens is 196 g/mol. The maximum Gasteiger partial charge on any atom is 0.112 e. The number of thiazole rings is 1. The first kappa shape index (κ1) is 10.1. The van der Waals surface area contributed by atoms with E-state index in [9.17, 15) is 0 Å². The van der Waals surface area contributed by atoms with Crippen LogP contribution in [0.25, 0.3) is 0 Å². The molecule has 0 bridgehead atoms. The van der Waals surface area contributed by atoms with Crippen molar-refractivity contribution in [3.05, 3.63) is 16.6 Å². The average molecular weight is 212 g/mol. The topological polar surface area (TPSA) is 34.1 Å². The molecule has 1 aliphatic carbocycles. The van der Waals surface area contributed by atoms with Crippen LogP contribution in [0.4, 0.5) is 0 Å². The van der Waals surface area contributed by atoms with Gasteiger partial charge in [-0.3, -0.25) is 0 Å². The number of methoxy groups -OCH3 is 1. The van der Waals surface area contributed by atoms with Gasteiger partial charge in [-0.1, -0.05) is 0 Å². The van der Waals surface area contributed by atoms with Crippen LogP contribution in [0, 0.1) is 5.92 Å².